The van der Waals surface area contributed by atoms with E-state index in [-0.39, 0.29) is 10.8 Å². The van der Waals surface area contributed by atoms with Crippen molar-refractivity contribution in [3.05, 3.63) is 337 Å². The minimum absolute atomic E-state index is 0.0437. The third-order valence-corrected chi connectivity index (χ3v) is 18.4. The van der Waals surface area contributed by atoms with Gasteiger partial charge in [0, 0.05) is 33.3 Å². The highest BCUT2D eigenvalue weighted by Gasteiger charge is 2.46. The fraction of sp³-hybridized carbons (Fsp3) is 0.106. The lowest BCUT2D eigenvalue weighted by Gasteiger charge is -2.34. The lowest BCUT2D eigenvalue weighted by atomic mass is 9.67. The zero-order chi connectivity index (χ0) is 59.0. The molecule has 13 aromatic carbocycles. The molecule has 1 heterocycles. The van der Waals surface area contributed by atoms with Crippen LogP contribution in [0.1, 0.15) is 74.9 Å². The maximum atomic E-state index is 2.54. The Hall–Kier alpha value is -10.3. The van der Waals surface area contributed by atoms with Gasteiger partial charge in [0.2, 0.25) is 0 Å². The largest absolute Gasteiger partial charge is 0.309 e. The highest BCUT2D eigenvalue weighted by molar-refractivity contribution is 6.11. The highest BCUT2D eigenvalue weighted by Crippen LogP contribution is 2.58. The molecule has 0 spiro atoms. The molecule has 0 unspecified atom stereocenters. The molecule has 2 heteroatoms. The van der Waals surface area contributed by atoms with Gasteiger partial charge < -0.3 is 9.47 Å². The van der Waals surface area contributed by atoms with Gasteiger partial charge in [-0.1, -0.05) is 290 Å². The Balaban J connectivity index is 0.973. The second-order valence-corrected chi connectivity index (χ2v) is 25.6. The second kappa shape index (κ2) is 21.0. The highest BCUT2D eigenvalue weighted by atomic mass is 15.1. The van der Waals surface area contributed by atoms with Crippen LogP contribution in [-0.2, 0) is 16.2 Å². The van der Waals surface area contributed by atoms with Crippen molar-refractivity contribution in [2.24, 2.45) is 0 Å². The molecule has 0 fully saturated rings. The average molecular weight is 1120 g/mol. The van der Waals surface area contributed by atoms with E-state index in [4.69, 9.17) is 0 Å². The number of aromatic nitrogens is 1. The molecule has 0 saturated heterocycles. The average Bonchev–Trinajstić information content (AvgIpc) is 1.66. The summed E-state index contributed by atoms with van der Waals surface area (Å²) in [5.41, 5.74) is 25.7. The topological polar surface area (TPSA) is 8.17 Å². The Bertz CT molecular complexity index is 4860. The minimum Gasteiger partial charge on any atom is -0.309 e. The summed E-state index contributed by atoms with van der Waals surface area (Å²) < 4.78 is 2.41. The van der Waals surface area contributed by atoms with Crippen LogP contribution in [0.15, 0.2) is 303 Å². The van der Waals surface area contributed by atoms with E-state index in [9.17, 15) is 0 Å². The third-order valence-electron chi connectivity index (χ3n) is 18.4. The second-order valence-electron chi connectivity index (χ2n) is 25.6. The molecule has 0 atom stereocenters. The van der Waals surface area contributed by atoms with Crippen LogP contribution in [0.25, 0.3) is 93.9 Å². The van der Waals surface area contributed by atoms with Crippen molar-refractivity contribution < 1.29 is 0 Å². The predicted octanol–water partition coefficient (Wildman–Crippen LogP) is 23.0. The first-order valence-corrected chi connectivity index (χ1v) is 30.7. The van der Waals surface area contributed by atoms with Crippen LogP contribution >= 0.6 is 0 Å². The Labute approximate surface area is 512 Å². The van der Waals surface area contributed by atoms with Crippen LogP contribution < -0.4 is 4.90 Å². The minimum atomic E-state index is -0.556. The maximum Gasteiger partial charge on any atom is 0.0713 e. The fourth-order valence-corrected chi connectivity index (χ4v) is 14.1. The van der Waals surface area contributed by atoms with Crippen molar-refractivity contribution in [3.63, 3.8) is 0 Å². The number of hydrogen-bond acceptors (Lipinski definition) is 1. The SMILES string of the molecule is CC(C)(C)c1cc(-c2cccc3cccc(-c4ccccc4N(c4cccc(-c5ccc6c7ccccc7n(-c7ccccc7)c6c5)c4)c4ccccc4-c4ccc5c(c4)C(c4ccccc4)(c4ccccc4)c4ccccc4-5)c23)cc(C(C)(C)C)c1. The van der Waals surface area contributed by atoms with E-state index in [0.717, 1.165) is 50.6 Å². The molecular formula is C85H68N2. The Morgan fingerprint density at radius 3 is 1.52 bits per heavy atom. The molecule has 1 aromatic heterocycles. The number of benzene rings is 13. The fourth-order valence-electron chi connectivity index (χ4n) is 14.1. The van der Waals surface area contributed by atoms with Gasteiger partial charge in [-0.3, -0.25) is 0 Å². The molecule has 15 rings (SSSR count). The van der Waals surface area contributed by atoms with Gasteiger partial charge in [-0.05, 0) is 154 Å². The van der Waals surface area contributed by atoms with E-state index >= 15 is 0 Å². The molecule has 0 bridgehead atoms. The lowest BCUT2D eigenvalue weighted by Crippen LogP contribution is -2.28. The van der Waals surface area contributed by atoms with E-state index in [0.29, 0.717) is 0 Å². The number of para-hydroxylation sites is 4. The van der Waals surface area contributed by atoms with Crippen LogP contribution in [0.5, 0.6) is 0 Å². The Kier molecular flexibility index (Phi) is 12.9. The van der Waals surface area contributed by atoms with Gasteiger partial charge in [-0.15, -0.1) is 0 Å². The van der Waals surface area contributed by atoms with Crippen molar-refractivity contribution in [3.8, 4) is 61.3 Å². The van der Waals surface area contributed by atoms with Crippen LogP contribution in [0.4, 0.5) is 17.1 Å². The number of fused-ring (bicyclic) bond motifs is 7. The molecule has 1 aliphatic carbocycles. The van der Waals surface area contributed by atoms with Gasteiger partial charge in [0.05, 0.1) is 27.8 Å². The van der Waals surface area contributed by atoms with Crippen LogP contribution in [0.3, 0.4) is 0 Å². The molecule has 0 radical (unpaired) electrons. The molecule has 14 aromatic rings. The summed E-state index contributed by atoms with van der Waals surface area (Å²) in [5, 5.41) is 4.91. The van der Waals surface area contributed by atoms with E-state index in [1.54, 1.807) is 0 Å². The summed E-state index contributed by atoms with van der Waals surface area (Å²) in [7, 11) is 0. The predicted molar refractivity (Wildman–Crippen MR) is 369 cm³/mol. The zero-order valence-electron chi connectivity index (χ0n) is 50.3. The van der Waals surface area contributed by atoms with Gasteiger partial charge in [0.25, 0.3) is 0 Å². The van der Waals surface area contributed by atoms with Crippen molar-refractivity contribution in [1.29, 1.82) is 0 Å². The van der Waals surface area contributed by atoms with Crippen LogP contribution in [0.2, 0.25) is 0 Å². The number of nitrogens with zero attached hydrogens (tertiary/aromatic N) is 2. The van der Waals surface area contributed by atoms with Gasteiger partial charge >= 0.3 is 0 Å². The summed E-state index contributed by atoms with van der Waals surface area (Å²) in [6.07, 6.45) is 0. The van der Waals surface area contributed by atoms with Crippen molar-refractivity contribution in [1.82, 2.24) is 4.57 Å². The van der Waals surface area contributed by atoms with Gasteiger partial charge in [-0.2, -0.15) is 0 Å². The summed E-state index contributed by atoms with van der Waals surface area (Å²) in [6.45, 7) is 14.0. The summed E-state index contributed by atoms with van der Waals surface area (Å²) in [4.78, 5) is 2.54. The summed E-state index contributed by atoms with van der Waals surface area (Å²) in [6, 6.07) is 114. The summed E-state index contributed by atoms with van der Waals surface area (Å²) in [5.74, 6) is 0. The molecule has 0 amide bonds. The van der Waals surface area contributed by atoms with Gasteiger partial charge in [-0.25, -0.2) is 0 Å². The Morgan fingerprint density at radius 1 is 0.310 bits per heavy atom. The molecule has 0 N–H and O–H groups in total. The smallest absolute Gasteiger partial charge is 0.0713 e. The van der Waals surface area contributed by atoms with E-state index in [1.165, 1.54) is 93.8 Å². The van der Waals surface area contributed by atoms with Gasteiger partial charge in [0.15, 0.2) is 0 Å². The zero-order valence-corrected chi connectivity index (χ0v) is 50.3. The first-order valence-electron chi connectivity index (χ1n) is 30.7. The number of anilines is 3. The molecule has 418 valence electrons. The quantitative estimate of drug-likeness (QED) is 0.132. The third kappa shape index (κ3) is 9.01. The van der Waals surface area contributed by atoms with E-state index in [1.807, 2.05) is 0 Å². The van der Waals surface area contributed by atoms with Gasteiger partial charge in [0.1, 0.15) is 0 Å². The van der Waals surface area contributed by atoms with Crippen LogP contribution in [0, 0.1) is 0 Å². The first-order chi connectivity index (χ1) is 42.4. The van der Waals surface area contributed by atoms with Crippen molar-refractivity contribution >= 4 is 49.6 Å². The van der Waals surface area contributed by atoms with Crippen LogP contribution in [-0.4, -0.2) is 4.57 Å². The molecule has 87 heavy (non-hydrogen) atoms. The molecule has 0 saturated carbocycles. The molecule has 2 nitrogen and oxygen atoms in total. The summed E-state index contributed by atoms with van der Waals surface area (Å²) >= 11 is 0. The molecular weight excluding hydrogens is 1050 g/mol. The monoisotopic (exact) mass is 1120 g/mol. The number of hydrogen-bond donors (Lipinski definition) is 0. The lowest BCUT2D eigenvalue weighted by molar-refractivity contribution is 0.569. The number of rotatable bonds is 10. The van der Waals surface area contributed by atoms with Crippen molar-refractivity contribution in [2.45, 2.75) is 57.8 Å². The maximum absolute atomic E-state index is 2.54. The molecule has 0 aliphatic heterocycles. The first kappa shape index (κ1) is 53.4. The van der Waals surface area contributed by atoms with Crippen molar-refractivity contribution in [2.75, 3.05) is 4.90 Å². The molecule has 1 aliphatic rings. The Morgan fingerprint density at radius 2 is 0.828 bits per heavy atom. The standard InChI is InChI=1S/C85H68N2/c1-83(2,3)64-51-61(52-65(56-64)84(4,5)6)69-41-25-27-57-28-26-42-75(82(57)69)73-40-19-23-46-80(73)87(67-36-24-29-58(53-67)59-47-50-74-72-39-18-22-45-79(72)86(81(74)55-59)66-34-14-9-15-35-66)78-44-21-17-37-68(78)60-48-49-71-70-38-16-20-43-76(70)85(77(71)54-60,62-30-10-7-11-31-62)63-32-12-8-13-33-63/h7-56H,1-6H3. The van der Waals surface area contributed by atoms with E-state index < -0.39 is 5.41 Å². The normalized spacial score (nSPS) is 12.8. The van der Waals surface area contributed by atoms with E-state index in [2.05, 4.69) is 354 Å².